The van der Waals surface area contributed by atoms with Crippen LogP contribution in [0.15, 0.2) is 73.9 Å². The van der Waals surface area contributed by atoms with Crippen LogP contribution in [0, 0.1) is 20.2 Å². The Morgan fingerprint density at radius 2 is 1.26 bits per heavy atom. The molecule has 3 aromatic carbocycles. The van der Waals surface area contributed by atoms with Gasteiger partial charge in [0, 0.05) is 18.2 Å². The van der Waals surface area contributed by atoms with E-state index in [1.165, 1.54) is 12.1 Å². The Bertz CT molecular complexity index is 1500. The molecule has 0 aliphatic heterocycles. The number of phenols is 3. The highest BCUT2D eigenvalue weighted by Crippen LogP contribution is 2.43. The van der Waals surface area contributed by atoms with Gasteiger partial charge >= 0.3 is 5.69 Å². The molecule has 0 saturated heterocycles. The third-order valence-corrected chi connectivity index (χ3v) is 5.07. The lowest BCUT2D eigenvalue weighted by atomic mass is 10.2. The van der Waals surface area contributed by atoms with Gasteiger partial charge in [-0.05, 0) is 24.3 Å². The Morgan fingerprint density at radius 1 is 0.714 bits per heavy atom. The van der Waals surface area contributed by atoms with Crippen molar-refractivity contribution in [2.75, 3.05) is 0 Å². The van der Waals surface area contributed by atoms with Crippen LogP contribution in [0.4, 0.5) is 34.1 Å². The predicted octanol–water partition coefficient (Wildman–Crippen LogP) is 4.70. The fourth-order valence-corrected chi connectivity index (χ4v) is 3.01. The van der Waals surface area contributed by atoms with Crippen molar-refractivity contribution in [2.24, 2.45) is 20.5 Å². The molecule has 180 valence electrons. The number of hydrogen-bond donors (Lipinski definition) is 4. The lowest BCUT2D eigenvalue weighted by Crippen LogP contribution is -1.96. The fourth-order valence-electron chi connectivity index (χ4n) is 2.53. The van der Waals surface area contributed by atoms with Crippen LogP contribution >= 0.6 is 0 Å². The fraction of sp³-hybridized carbons (Fsp3) is 0. The minimum absolute atomic E-state index is 0.127. The first-order valence-corrected chi connectivity index (χ1v) is 10.4. The number of benzene rings is 3. The van der Waals surface area contributed by atoms with E-state index >= 15 is 0 Å². The second-order valence-electron chi connectivity index (χ2n) is 6.55. The normalized spacial score (nSPS) is 11.8. The second kappa shape index (κ2) is 9.45. The summed E-state index contributed by atoms with van der Waals surface area (Å²) in [6, 6.07) is 7.61. The summed E-state index contributed by atoms with van der Waals surface area (Å²) in [5.41, 5.74) is -2.84. The standard InChI is InChI=1S/C18H12N6O10S/c25-16-8-17(26)13(7-12(16)20-19-9-1-3-11(4-2-9)35(32,33)34)21-22-14-5-10(23(28)29)6-15(18(14)27)24(30)31/h1-8,25-27H,(H,32,33,34). The van der Waals surface area contributed by atoms with Crippen molar-refractivity contribution >= 4 is 44.2 Å². The summed E-state index contributed by atoms with van der Waals surface area (Å²) in [5, 5.41) is 66.6. The van der Waals surface area contributed by atoms with Crippen molar-refractivity contribution in [1.82, 2.24) is 0 Å². The maximum atomic E-state index is 11.1. The lowest BCUT2D eigenvalue weighted by Gasteiger charge is -2.03. The zero-order valence-corrected chi connectivity index (χ0v) is 17.8. The molecule has 0 aromatic heterocycles. The number of nitro benzene ring substituents is 2. The van der Waals surface area contributed by atoms with Gasteiger partial charge in [-0.25, -0.2) is 0 Å². The highest BCUT2D eigenvalue weighted by Gasteiger charge is 2.24. The van der Waals surface area contributed by atoms with Gasteiger partial charge < -0.3 is 15.3 Å². The van der Waals surface area contributed by atoms with Crippen molar-refractivity contribution in [1.29, 1.82) is 0 Å². The SMILES string of the molecule is O=[N+]([O-])c1cc(N=Nc2cc(N=Nc3ccc(S(=O)(=O)O)cc3)c(O)cc2O)c(O)c([N+](=O)[O-])c1. The topological polar surface area (TPSA) is 251 Å². The first-order valence-electron chi connectivity index (χ1n) is 8.99. The van der Waals surface area contributed by atoms with Crippen LogP contribution in [0.3, 0.4) is 0 Å². The minimum Gasteiger partial charge on any atom is -0.505 e. The van der Waals surface area contributed by atoms with Crippen molar-refractivity contribution in [2.45, 2.75) is 4.90 Å². The monoisotopic (exact) mass is 504 g/mol. The highest BCUT2D eigenvalue weighted by atomic mass is 32.2. The van der Waals surface area contributed by atoms with E-state index in [2.05, 4.69) is 20.5 Å². The smallest absolute Gasteiger partial charge is 0.319 e. The van der Waals surface area contributed by atoms with E-state index < -0.39 is 54.3 Å². The van der Waals surface area contributed by atoms with Crippen LogP contribution in [0.5, 0.6) is 17.2 Å². The Hall–Kier alpha value is -5.03. The third-order valence-electron chi connectivity index (χ3n) is 4.21. The van der Waals surface area contributed by atoms with Gasteiger partial charge in [-0.1, -0.05) is 0 Å². The van der Waals surface area contributed by atoms with Gasteiger partial charge in [0.15, 0.2) is 0 Å². The summed E-state index contributed by atoms with van der Waals surface area (Å²) in [5.74, 6) is -2.17. The highest BCUT2D eigenvalue weighted by molar-refractivity contribution is 7.85. The molecule has 3 rings (SSSR count). The lowest BCUT2D eigenvalue weighted by molar-refractivity contribution is -0.394. The molecule has 0 amide bonds. The number of azo groups is 2. The van der Waals surface area contributed by atoms with Gasteiger partial charge in [-0.15, -0.1) is 15.3 Å². The average Bonchev–Trinajstić information content (AvgIpc) is 2.78. The van der Waals surface area contributed by atoms with Crippen molar-refractivity contribution in [3.8, 4) is 17.2 Å². The van der Waals surface area contributed by atoms with Gasteiger partial charge in [0.1, 0.15) is 28.6 Å². The molecule has 0 aliphatic carbocycles. The number of hydrogen-bond acceptors (Lipinski definition) is 13. The van der Waals surface area contributed by atoms with Crippen LogP contribution in [0.2, 0.25) is 0 Å². The van der Waals surface area contributed by atoms with E-state index in [1.54, 1.807) is 0 Å². The van der Waals surface area contributed by atoms with Crippen LogP contribution in [0.25, 0.3) is 0 Å². The van der Waals surface area contributed by atoms with Gasteiger partial charge in [0.25, 0.3) is 15.8 Å². The number of non-ortho nitro benzene ring substituents is 1. The summed E-state index contributed by atoms with van der Waals surface area (Å²) < 4.78 is 31.1. The number of rotatable bonds is 7. The van der Waals surface area contributed by atoms with Gasteiger partial charge in [-0.2, -0.15) is 13.5 Å². The molecule has 17 heteroatoms. The van der Waals surface area contributed by atoms with Crippen LogP contribution < -0.4 is 0 Å². The largest absolute Gasteiger partial charge is 0.505 e. The molecule has 0 unspecified atom stereocenters. The molecule has 0 fully saturated rings. The molecular formula is C18H12N6O10S. The number of aromatic hydroxyl groups is 3. The Morgan fingerprint density at radius 3 is 1.77 bits per heavy atom. The van der Waals surface area contributed by atoms with Gasteiger partial charge in [0.05, 0.1) is 26.5 Å². The molecule has 0 radical (unpaired) electrons. The second-order valence-corrected chi connectivity index (χ2v) is 7.97. The van der Waals surface area contributed by atoms with E-state index in [0.717, 1.165) is 30.3 Å². The Labute approximate surface area is 194 Å². The molecule has 0 heterocycles. The summed E-state index contributed by atoms with van der Waals surface area (Å²) in [6.45, 7) is 0. The van der Waals surface area contributed by atoms with E-state index in [0.29, 0.717) is 6.07 Å². The molecule has 0 aliphatic rings. The molecule has 35 heavy (non-hydrogen) atoms. The maximum absolute atomic E-state index is 11.1. The average molecular weight is 504 g/mol. The first kappa shape index (κ1) is 24.6. The number of nitro groups is 2. The minimum atomic E-state index is -4.41. The number of nitrogens with zero attached hydrogens (tertiary/aromatic N) is 6. The summed E-state index contributed by atoms with van der Waals surface area (Å²) in [6.07, 6.45) is 0. The molecule has 0 spiro atoms. The molecule has 0 bridgehead atoms. The first-order chi connectivity index (χ1) is 16.4. The van der Waals surface area contributed by atoms with Crippen molar-refractivity contribution in [3.05, 3.63) is 68.8 Å². The molecule has 3 aromatic rings. The molecule has 16 nitrogen and oxygen atoms in total. The Kier molecular flexibility index (Phi) is 6.65. The summed E-state index contributed by atoms with van der Waals surface area (Å²) in [7, 11) is -4.41. The van der Waals surface area contributed by atoms with E-state index in [1.807, 2.05) is 0 Å². The van der Waals surface area contributed by atoms with Gasteiger partial charge in [-0.3, -0.25) is 24.8 Å². The zero-order chi connectivity index (χ0) is 25.9. The van der Waals surface area contributed by atoms with E-state index in [9.17, 15) is 44.0 Å². The van der Waals surface area contributed by atoms with Crippen LogP contribution in [-0.2, 0) is 10.1 Å². The maximum Gasteiger partial charge on any atom is 0.319 e. The molecule has 4 N–H and O–H groups in total. The van der Waals surface area contributed by atoms with Crippen molar-refractivity contribution in [3.63, 3.8) is 0 Å². The van der Waals surface area contributed by atoms with Crippen LogP contribution in [-0.4, -0.2) is 38.1 Å². The van der Waals surface area contributed by atoms with E-state index in [4.69, 9.17) is 4.55 Å². The quantitative estimate of drug-likeness (QED) is 0.149. The van der Waals surface area contributed by atoms with Crippen molar-refractivity contribution < 1.29 is 38.1 Å². The van der Waals surface area contributed by atoms with Gasteiger partial charge in [0.2, 0.25) is 5.75 Å². The molecule has 0 atom stereocenters. The zero-order valence-electron chi connectivity index (χ0n) is 16.9. The summed E-state index contributed by atoms with van der Waals surface area (Å²) >= 11 is 0. The van der Waals surface area contributed by atoms with Crippen LogP contribution in [0.1, 0.15) is 0 Å². The number of phenolic OH excluding ortho intramolecular Hbond substituents is 3. The third kappa shape index (κ3) is 5.67. The Balaban J connectivity index is 1.96. The predicted molar refractivity (Wildman–Crippen MR) is 116 cm³/mol. The van der Waals surface area contributed by atoms with E-state index in [-0.39, 0.29) is 22.0 Å². The summed E-state index contributed by atoms with van der Waals surface area (Å²) in [4.78, 5) is 19.7. The molecular weight excluding hydrogens is 492 g/mol. The molecule has 0 saturated carbocycles.